The summed E-state index contributed by atoms with van der Waals surface area (Å²) >= 11 is 0. The number of benzene rings is 1. The Balaban J connectivity index is 1.63. The molecule has 1 saturated heterocycles. The third kappa shape index (κ3) is 4.10. The molecule has 1 unspecified atom stereocenters. The van der Waals surface area contributed by atoms with Crippen LogP contribution < -0.4 is 0 Å². The summed E-state index contributed by atoms with van der Waals surface area (Å²) in [6.07, 6.45) is 7.34. The highest BCUT2D eigenvalue weighted by Crippen LogP contribution is 2.27. The van der Waals surface area contributed by atoms with Crippen LogP contribution in [0.5, 0.6) is 0 Å². The molecule has 30 heavy (non-hydrogen) atoms. The van der Waals surface area contributed by atoms with Crippen molar-refractivity contribution in [3.63, 3.8) is 0 Å². The number of nitrogens with zero attached hydrogens (tertiary/aromatic N) is 4. The number of amides is 2. The van der Waals surface area contributed by atoms with E-state index >= 15 is 0 Å². The Kier molecular flexibility index (Phi) is 5.88. The van der Waals surface area contributed by atoms with Crippen LogP contribution in [0.2, 0.25) is 0 Å². The van der Waals surface area contributed by atoms with Crippen molar-refractivity contribution in [3.05, 3.63) is 72.6 Å². The van der Waals surface area contributed by atoms with E-state index in [1.165, 1.54) is 0 Å². The molecular formula is C23H25N5O2. The van der Waals surface area contributed by atoms with Gasteiger partial charge in [0.1, 0.15) is 0 Å². The van der Waals surface area contributed by atoms with Crippen molar-refractivity contribution in [2.24, 2.45) is 5.92 Å². The van der Waals surface area contributed by atoms with Crippen molar-refractivity contribution in [2.45, 2.75) is 13.3 Å². The summed E-state index contributed by atoms with van der Waals surface area (Å²) < 4.78 is 0. The molecule has 4 rings (SSSR count). The summed E-state index contributed by atoms with van der Waals surface area (Å²) in [5.74, 6) is -0.0874. The number of hydrogen-bond acceptors (Lipinski definition) is 4. The van der Waals surface area contributed by atoms with Crippen LogP contribution in [0.4, 0.5) is 0 Å². The summed E-state index contributed by atoms with van der Waals surface area (Å²) in [6, 6.07) is 12.0. The van der Waals surface area contributed by atoms with E-state index in [4.69, 9.17) is 0 Å². The van der Waals surface area contributed by atoms with Crippen LogP contribution in [0.1, 0.15) is 23.1 Å². The van der Waals surface area contributed by atoms with E-state index in [2.05, 4.69) is 27.1 Å². The standard InChI is InChI=1S/C23H25N5O2/c1-2-27-12-13-28(23(30)21-25-10-11-26-21)16-19(22(27)29)14-17-6-3-4-8-20(17)18-7-5-9-24-15-18/h3-11,15,19H,2,12-14,16H2,1H3,(H,25,26). The maximum Gasteiger partial charge on any atom is 0.289 e. The zero-order valence-corrected chi connectivity index (χ0v) is 17.0. The monoisotopic (exact) mass is 403 g/mol. The fourth-order valence-electron chi connectivity index (χ4n) is 3.99. The van der Waals surface area contributed by atoms with Gasteiger partial charge < -0.3 is 14.8 Å². The van der Waals surface area contributed by atoms with Crippen molar-refractivity contribution in [2.75, 3.05) is 26.2 Å². The predicted octanol–water partition coefficient (Wildman–Crippen LogP) is 2.63. The summed E-state index contributed by atoms with van der Waals surface area (Å²) in [5.41, 5.74) is 3.16. The van der Waals surface area contributed by atoms with Gasteiger partial charge in [0.15, 0.2) is 5.82 Å². The Morgan fingerprint density at radius 1 is 1.17 bits per heavy atom. The number of carbonyl (C=O) groups is 2. The molecule has 3 aromatic rings. The summed E-state index contributed by atoms with van der Waals surface area (Å²) in [7, 11) is 0. The van der Waals surface area contributed by atoms with Crippen LogP contribution in [0.15, 0.2) is 61.2 Å². The van der Waals surface area contributed by atoms with Gasteiger partial charge >= 0.3 is 0 Å². The topological polar surface area (TPSA) is 82.2 Å². The van der Waals surface area contributed by atoms with Crippen molar-refractivity contribution < 1.29 is 9.59 Å². The zero-order valence-electron chi connectivity index (χ0n) is 17.0. The molecule has 1 aliphatic rings. The van der Waals surface area contributed by atoms with Gasteiger partial charge in [0.25, 0.3) is 5.91 Å². The first-order valence-electron chi connectivity index (χ1n) is 10.2. The molecule has 0 aliphatic carbocycles. The number of hydrogen-bond donors (Lipinski definition) is 1. The van der Waals surface area contributed by atoms with Gasteiger partial charge in [-0.25, -0.2) is 4.98 Å². The molecule has 2 aromatic heterocycles. The molecule has 0 radical (unpaired) electrons. The minimum atomic E-state index is -0.316. The molecule has 1 fully saturated rings. The number of aromatic amines is 1. The van der Waals surface area contributed by atoms with E-state index in [0.29, 0.717) is 38.4 Å². The number of H-pyrrole nitrogens is 1. The number of aromatic nitrogens is 3. The molecular weight excluding hydrogens is 378 g/mol. The lowest BCUT2D eigenvalue weighted by molar-refractivity contribution is -0.134. The van der Waals surface area contributed by atoms with Gasteiger partial charge in [-0.3, -0.25) is 14.6 Å². The second-order valence-corrected chi connectivity index (χ2v) is 7.41. The third-order valence-corrected chi connectivity index (χ3v) is 5.57. The first-order valence-corrected chi connectivity index (χ1v) is 10.2. The van der Waals surface area contributed by atoms with Gasteiger partial charge in [0.05, 0.1) is 5.92 Å². The van der Waals surface area contributed by atoms with E-state index in [0.717, 1.165) is 16.7 Å². The molecule has 3 heterocycles. The molecule has 1 aromatic carbocycles. The highest BCUT2D eigenvalue weighted by molar-refractivity contribution is 5.91. The van der Waals surface area contributed by atoms with Crippen molar-refractivity contribution in [3.8, 4) is 11.1 Å². The third-order valence-electron chi connectivity index (χ3n) is 5.57. The average molecular weight is 403 g/mol. The minimum Gasteiger partial charge on any atom is -0.341 e. The summed E-state index contributed by atoms with van der Waals surface area (Å²) in [5, 5.41) is 0. The molecule has 0 bridgehead atoms. The van der Waals surface area contributed by atoms with Crippen LogP contribution in [0.25, 0.3) is 11.1 Å². The highest BCUT2D eigenvalue weighted by atomic mass is 16.2. The number of likely N-dealkylation sites (N-methyl/N-ethyl adjacent to an activating group) is 1. The fraction of sp³-hybridized carbons (Fsp3) is 0.304. The molecule has 7 heteroatoms. The van der Waals surface area contributed by atoms with E-state index in [1.54, 1.807) is 23.5 Å². The van der Waals surface area contributed by atoms with Crippen molar-refractivity contribution >= 4 is 11.8 Å². The van der Waals surface area contributed by atoms with Gasteiger partial charge in [-0.05, 0) is 30.5 Å². The highest BCUT2D eigenvalue weighted by Gasteiger charge is 2.33. The number of pyridine rings is 1. The Hall–Kier alpha value is -3.48. The second kappa shape index (κ2) is 8.90. The second-order valence-electron chi connectivity index (χ2n) is 7.41. The summed E-state index contributed by atoms with van der Waals surface area (Å²) in [6.45, 7) is 4.00. The lowest BCUT2D eigenvalue weighted by atomic mass is 9.91. The summed E-state index contributed by atoms with van der Waals surface area (Å²) in [4.78, 5) is 40.9. The van der Waals surface area contributed by atoms with E-state index < -0.39 is 0 Å². The Morgan fingerprint density at radius 3 is 2.77 bits per heavy atom. The van der Waals surface area contributed by atoms with Gasteiger partial charge in [0.2, 0.25) is 5.91 Å². The van der Waals surface area contributed by atoms with Gasteiger partial charge in [0, 0.05) is 56.5 Å². The van der Waals surface area contributed by atoms with Gasteiger partial charge in [-0.1, -0.05) is 30.3 Å². The van der Waals surface area contributed by atoms with E-state index in [1.807, 2.05) is 42.3 Å². The molecule has 0 saturated carbocycles. The minimum absolute atomic E-state index is 0.0910. The van der Waals surface area contributed by atoms with Crippen LogP contribution in [-0.2, 0) is 11.2 Å². The molecule has 1 atom stereocenters. The number of imidazole rings is 1. The first-order chi connectivity index (χ1) is 14.7. The Morgan fingerprint density at radius 2 is 2.03 bits per heavy atom. The fourth-order valence-corrected chi connectivity index (χ4v) is 3.99. The van der Waals surface area contributed by atoms with Crippen LogP contribution in [-0.4, -0.2) is 62.7 Å². The van der Waals surface area contributed by atoms with Crippen LogP contribution >= 0.6 is 0 Å². The Bertz CT molecular complexity index is 1000. The number of nitrogens with one attached hydrogen (secondary N) is 1. The van der Waals surface area contributed by atoms with E-state index in [9.17, 15) is 9.59 Å². The lowest BCUT2D eigenvalue weighted by Crippen LogP contribution is -2.38. The molecule has 1 N–H and O–H groups in total. The molecule has 7 nitrogen and oxygen atoms in total. The zero-order chi connectivity index (χ0) is 20.9. The van der Waals surface area contributed by atoms with Gasteiger partial charge in [-0.2, -0.15) is 0 Å². The van der Waals surface area contributed by atoms with Crippen LogP contribution in [0.3, 0.4) is 0 Å². The van der Waals surface area contributed by atoms with Gasteiger partial charge in [-0.15, -0.1) is 0 Å². The maximum absolute atomic E-state index is 13.2. The molecule has 154 valence electrons. The average Bonchev–Trinajstić information content (AvgIpc) is 3.28. The number of carbonyl (C=O) groups excluding carboxylic acids is 2. The SMILES string of the molecule is CCN1CCN(C(=O)c2ncc[nH]2)CC(Cc2ccccc2-c2cccnc2)C1=O. The molecule has 1 aliphatic heterocycles. The first kappa shape index (κ1) is 19.8. The van der Waals surface area contributed by atoms with Crippen molar-refractivity contribution in [1.82, 2.24) is 24.8 Å². The quantitative estimate of drug-likeness (QED) is 0.710. The van der Waals surface area contributed by atoms with E-state index in [-0.39, 0.29) is 17.7 Å². The van der Waals surface area contributed by atoms with Crippen molar-refractivity contribution in [1.29, 1.82) is 0 Å². The maximum atomic E-state index is 13.2. The largest absolute Gasteiger partial charge is 0.341 e. The smallest absolute Gasteiger partial charge is 0.289 e. The lowest BCUT2D eigenvalue weighted by Gasteiger charge is -2.24. The van der Waals surface area contributed by atoms with Crippen LogP contribution in [0, 0.1) is 5.92 Å². The Labute approximate surface area is 175 Å². The predicted molar refractivity (Wildman–Crippen MR) is 114 cm³/mol. The molecule has 0 spiro atoms. The normalized spacial score (nSPS) is 17.1. The molecule has 2 amide bonds. The number of rotatable bonds is 5.